The molecule has 23 heavy (non-hydrogen) atoms. The van der Waals surface area contributed by atoms with Crippen molar-refractivity contribution < 1.29 is 0 Å². The normalized spacial score (nSPS) is 34.9. The van der Waals surface area contributed by atoms with Crippen molar-refractivity contribution in [2.75, 3.05) is 5.73 Å². The number of nitrogen functional groups attached to an aromatic ring is 1. The van der Waals surface area contributed by atoms with Crippen LogP contribution >= 0.6 is 0 Å². The first-order chi connectivity index (χ1) is 11.2. The molecule has 2 aromatic rings. The molecule has 0 radical (unpaired) electrons. The van der Waals surface area contributed by atoms with E-state index in [0.717, 1.165) is 30.0 Å². The van der Waals surface area contributed by atoms with Crippen molar-refractivity contribution in [2.45, 2.75) is 50.5 Å². The molecule has 4 aliphatic carbocycles. The Hall–Kier alpha value is -1.77. The average Bonchev–Trinajstić information content (AvgIpc) is 2.97. The van der Waals surface area contributed by atoms with Crippen LogP contribution in [0.25, 0.3) is 0 Å². The van der Waals surface area contributed by atoms with Gasteiger partial charge in [-0.15, -0.1) is 0 Å². The molecular formula is C20H25N3. The third-order valence-electron chi connectivity index (χ3n) is 6.62. The van der Waals surface area contributed by atoms with Crippen LogP contribution < -0.4 is 5.73 Å². The molecule has 0 atom stereocenters. The standard InChI is InChI=1S/C20H25N3/c21-18-4-2-1-3-17(18)13-23-6-5-22-19(23)20-10-14-7-15(11-20)9-16(8-14)12-20/h1-6,14-16H,7-13,21H2. The Bertz CT molecular complexity index is 695. The van der Waals surface area contributed by atoms with Crippen LogP contribution in [-0.2, 0) is 12.0 Å². The highest BCUT2D eigenvalue weighted by atomic mass is 15.1. The second-order valence-electron chi connectivity index (χ2n) is 8.28. The summed E-state index contributed by atoms with van der Waals surface area (Å²) < 4.78 is 2.37. The van der Waals surface area contributed by atoms with E-state index in [2.05, 4.69) is 22.9 Å². The number of imidazole rings is 1. The van der Waals surface area contributed by atoms with Gasteiger partial charge in [0, 0.05) is 23.5 Å². The molecule has 0 saturated heterocycles. The minimum absolute atomic E-state index is 0.349. The molecule has 4 aliphatic rings. The van der Waals surface area contributed by atoms with Crippen LogP contribution in [-0.4, -0.2) is 9.55 Å². The molecule has 4 fully saturated rings. The third kappa shape index (κ3) is 2.13. The van der Waals surface area contributed by atoms with Gasteiger partial charge in [-0.25, -0.2) is 4.98 Å². The Morgan fingerprint density at radius 1 is 1.04 bits per heavy atom. The highest BCUT2D eigenvalue weighted by molar-refractivity contribution is 5.46. The maximum absolute atomic E-state index is 6.16. The molecule has 3 heteroatoms. The van der Waals surface area contributed by atoms with Gasteiger partial charge in [0.2, 0.25) is 0 Å². The van der Waals surface area contributed by atoms with Crippen LogP contribution in [0, 0.1) is 17.8 Å². The molecular weight excluding hydrogens is 282 g/mol. The van der Waals surface area contributed by atoms with Crippen molar-refractivity contribution in [3.63, 3.8) is 0 Å². The summed E-state index contributed by atoms with van der Waals surface area (Å²) in [6.45, 7) is 0.851. The van der Waals surface area contributed by atoms with Gasteiger partial charge in [0.1, 0.15) is 5.82 Å². The fourth-order valence-corrected chi connectivity index (χ4v) is 6.14. The molecule has 120 valence electrons. The van der Waals surface area contributed by atoms with E-state index >= 15 is 0 Å². The molecule has 4 saturated carbocycles. The van der Waals surface area contributed by atoms with Crippen LogP contribution in [0.1, 0.15) is 49.9 Å². The SMILES string of the molecule is Nc1ccccc1Cn1ccnc1C12CC3CC(CC(C3)C1)C2. The molecule has 1 aromatic heterocycles. The van der Waals surface area contributed by atoms with E-state index in [4.69, 9.17) is 10.7 Å². The lowest BCUT2D eigenvalue weighted by Crippen LogP contribution is -2.49. The van der Waals surface area contributed by atoms with Gasteiger partial charge in [-0.1, -0.05) is 18.2 Å². The summed E-state index contributed by atoms with van der Waals surface area (Å²) in [6, 6.07) is 8.22. The van der Waals surface area contributed by atoms with Crippen molar-refractivity contribution in [3.05, 3.63) is 48.0 Å². The minimum atomic E-state index is 0.349. The summed E-state index contributed by atoms with van der Waals surface area (Å²) in [5.41, 5.74) is 8.60. The van der Waals surface area contributed by atoms with E-state index in [1.54, 1.807) is 0 Å². The molecule has 1 aromatic carbocycles. The van der Waals surface area contributed by atoms with Crippen molar-refractivity contribution in [1.82, 2.24) is 9.55 Å². The van der Waals surface area contributed by atoms with Gasteiger partial charge in [0.15, 0.2) is 0 Å². The molecule has 0 unspecified atom stereocenters. The first-order valence-electron chi connectivity index (χ1n) is 9.07. The lowest BCUT2D eigenvalue weighted by Gasteiger charge is -2.56. The number of rotatable bonds is 3. The number of nitrogens with zero attached hydrogens (tertiary/aromatic N) is 2. The largest absolute Gasteiger partial charge is 0.398 e. The van der Waals surface area contributed by atoms with E-state index in [0.29, 0.717) is 5.41 Å². The quantitative estimate of drug-likeness (QED) is 0.872. The third-order valence-corrected chi connectivity index (χ3v) is 6.62. The van der Waals surface area contributed by atoms with Gasteiger partial charge in [-0.2, -0.15) is 0 Å². The monoisotopic (exact) mass is 307 g/mol. The number of nitrogens with two attached hydrogens (primary N) is 1. The Labute approximate surface area is 137 Å². The molecule has 0 spiro atoms. The maximum atomic E-state index is 6.16. The first kappa shape index (κ1) is 13.6. The highest BCUT2D eigenvalue weighted by Crippen LogP contribution is 2.60. The topological polar surface area (TPSA) is 43.8 Å². The molecule has 1 heterocycles. The van der Waals surface area contributed by atoms with Crippen LogP contribution in [0.15, 0.2) is 36.7 Å². The van der Waals surface area contributed by atoms with Gasteiger partial charge in [-0.05, 0) is 67.9 Å². The molecule has 0 amide bonds. The summed E-state index contributed by atoms with van der Waals surface area (Å²) in [4.78, 5) is 4.85. The van der Waals surface area contributed by atoms with Gasteiger partial charge in [-0.3, -0.25) is 0 Å². The first-order valence-corrected chi connectivity index (χ1v) is 9.07. The summed E-state index contributed by atoms with van der Waals surface area (Å²) in [7, 11) is 0. The van der Waals surface area contributed by atoms with Crippen LogP contribution in [0.5, 0.6) is 0 Å². The second-order valence-corrected chi connectivity index (χ2v) is 8.28. The van der Waals surface area contributed by atoms with E-state index in [9.17, 15) is 0 Å². The number of benzene rings is 1. The fourth-order valence-electron chi connectivity index (χ4n) is 6.14. The predicted octanol–water partition coefficient (Wildman–Crippen LogP) is 3.98. The predicted molar refractivity (Wildman–Crippen MR) is 92.0 cm³/mol. The Balaban J connectivity index is 1.51. The summed E-state index contributed by atoms with van der Waals surface area (Å²) in [5.74, 6) is 4.19. The number of aromatic nitrogens is 2. The average molecular weight is 307 g/mol. The van der Waals surface area contributed by atoms with Crippen LogP contribution in [0.2, 0.25) is 0 Å². The minimum Gasteiger partial charge on any atom is -0.398 e. The van der Waals surface area contributed by atoms with E-state index < -0.39 is 0 Å². The zero-order valence-corrected chi connectivity index (χ0v) is 13.6. The highest BCUT2D eigenvalue weighted by Gasteiger charge is 2.53. The number of anilines is 1. The van der Waals surface area contributed by atoms with Gasteiger partial charge >= 0.3 is 0 Å². The molecule has 0 aliphatic heterocycles. The van der Waals surface area contributed by atoms with Crippen LogP contribution in [0.3, 0.4) is 0 Å². The Morgan fingerprint density at radius 2 is 1.70 bits per heavy atom. The molecule has 3 nitrogen and oxygen atoms in total. The lowest BCUT2D eigenvalue weighted by atomic mass is 9.49. The second kappa shape index (κ2) is 4.86. The summed E-state index contributed by atoms with van der Waals surface area (Å²) in [6.07, 6.45) is 12.7. The van der Waals surface area contributed by atoms with Crippen molar-refractivity contribution in [2.24, 2.45) is 17.8 Å². The zero-order valence-electron chi connectivity index (χ0n) is 13.6. The Morgan fingerprint density at radius 3 is 2.35 bits per heavy atom. The summed E-state index contributed by atoms with van der Waals surface area (Å²) in [5, 5.41) is 0. The number of hydrogen-bond acceptors (Lipinski definition) is 2. The Kier molecular flexibility index (Phi) is 2.88. The molecule has 4 bridgehead atoms. The lowest BCUT2D eigenvalue weighted by molar-refractivity contribution is -0.0108. The maximum Gasteiger partial charge on any atom is 0.115 e. The van der Waals surface area contributed by atoms with E-state index in [1.165, 1.54) is 49.9 Å². The van der Waals surface area contributed by atoms with Crippen molar-refractivity contribution >= 4 is 5.69 Å². The van der Waals surface area contributed by atoms with Gasteiger partial charge < -0.3 is 10.3 Å². The number of para-hydroxylation sites is 1. The van der Waals surface area contributed by atoms with Crippen molar-refractivity contribution in [1.29, 1.82) is 0 Å². The van der Waals surface area contributed by atoms with Gasteiger partial charge in [0.25, 0.3) is 0 Å². The van der Waals surface area contributed by atoms with Crippen molar-refractivity contribution in [3.8, 4) is 0 Å². The van der Waals surface area contributed by atoms with E-state index in [-0.39, 0.29) is 0 Å². The van der Waals surface area contributed by atoms with Crippen LogP contribution in [0.4, 0.5) is 5.69 Å². The molecule has 2 N–H and O–H groups in total. The van der Waals surface area contributed by atoms with E-state index in [1.807, 2.05) is 18.3 Å². The van der Waals surface area contributed by atoms with Gasteiger partial charge in [0.05, 0.1) is 6.54 Å². The molecule has 6 rings (SSSR count). The summed E-state index contributed by atoms with van der Waals surface area (Å²) >= 11 is 0. The number of hydrogen-bond donors (Lipinski definition) is 1. The zero-order chi connectivity index (χ0) is 15.4. The fraction of sp³-hybridized carbons (Fsp3) is 0.550. The smallest absolute Gasteiger partial charge is 0.115 e.